The van der Waals surface area contributed by atoms with Crippen molar-refractivity contribution in [2.45, 2.75) is 143 Å². The number of fused-ring (bicyclic) bond motifs is 7. The molecule has 8 heteroatoms. The van der Waals surface area contributed by atoms with Crippen molar-refractivity contribution >= 4 is 5.91 Å². The summed E-state index contributed by atoms with van der Waals surface area (Å²) >= 11 is 0. The molecule has 6 fully saturated rings. The second-order valence-corrected chi connectivity index (χ2v) is 17.4. The van der Waals surface area contributed by atoms with Crippen LogP contribution in [0, 0.1) is 56.7 Å². The lowest BCUT2D eigenvalue weighted by molar-refractivity contribution is -0.331. The number of primary amides is 1. The third-order valence-corrected chi connectivity index (χ3v) is 15.6. The molecule has 8 nitrogen and oxygen atoms in total. The van der Waals surface area contributed by atoms with E-state index in [9.17, 15) is 25.2 Å². The molecule has 1 saturated heterocycles. The van der Waals surface area contributed by atoms with Gasteiger partial charge in [0.25, 0.3) is 0 Å². The second-order valence-electron chi connectivity index (χ2n) is 17.4. The number of nitrogens with two attached hydrogens (primary N) is 1. The summed E-state index contributed by atoms with van der Waals surface area (Å²) in [6, 6.07) is 0. The van der Waals surface area contributed by atoms with E-state index in [1.165, 1.54) is 5.57 Å². The largest absolute Gasteiger partial charge is 0.394 e. The molecule has 1 aliphatic heterocycles. The van der Waals surface area contributed by atoms with Crippen LogP contribution in [0.2, 0.25) is 0 Å². The molecule has 0 aromatic carbocycles. The highest BCUT2D eigenvalue weighted by Gasteiger charge is 2.72. The number of rotatable bonds is 5. The second kappa shape index (κ2) is 10.7. The lowest BCUT2D eigenvalue weighted by Crippen LogP contribution is -2.67. The summed E-state index contributed by atoms with van der Waals surface area (Å²) in [6.07, 6.45) is 3.71. The predicted octanol–water partition coefficient (Wildman–Crippen LogP) is 4.31. The van der Waals surface area contributed by atoms with Crippen LogP contribution in [0.4, 0.5) is 0 Å². The first-order valence-electron chi connectivity index (χ1n) is 17.4. The topological polar surface area (TPSA) is 142 Å². The van der Waals surface area contributed by atoms with Gasteiger partial charge in [-0.3, -0.25) is 4.79 Å². The number of hydrogen-bond donors (Lipinski definition) is 5. The van der Waals surface area contributed by atoms with Crippen LogP contribution < -0.4 is 5.73 Å². The Kier molecular flexibility index (Phi) is 8.03. The van der Waals surface area contributed by atoms with Gasteiger partial charge in [0.15, 0.2) is 6.29 Å². The average molecular weight is 618 g/mol. The highest BCUT2D eigenvalue weighted by molar-refractivity contribution is 5.82. The van der Waals surface area contributed by atoms with Crippen molar-refractivity contribution in [2.24, 2.45) is 62.4 Å². The van der Waals surface area contributed by atoms with E-state index < -0.39 is 37.3 Å². The Balaban J connectivity index is 1.27. The Morgan fingerprint density at radius 1 is 0.864 bits per heavy atom. The van der Waals surface area contributed by atoms with Crippen molar-refractivity contribution in [3.05, 3.63) is 12.2 Å². The molecule has 0 bridgehead atoms. The third kappa shape index (κ3) is 4.26. The fourth-order valence-electron chi connectivity index (χ4n) is 13.1. The zero-order valence-electron chi connectivity index (χ0n) is 27.9. The van der Waals surface area contributed by atoms with Gasteiger partial charge in [-0.1, -0.05) is 46.8 Å². The molecule has 0 radical (unpaired) electrons. The monoisotopic (exact) mass is 617 g/mol. The van der Waals surface area contributed by atoms with Crippen LogP contribution in [0.1, 0.15) is 106 Å². The number of carbonyl (C=O) groups excluding carboxylic acids is 1. The molecule has 1 heterocycles. The van der Waals surface area contributed by atoms with Gasteiger partial charge >= 0.3 is 0 Å². The van der Waals surface area contributed by atoms with E-state index >= 15 is 0 Å². The minimum atomic E-state index is -1.44. The van der Waals surface area contributed by atoms with E-state index in [-0.39, 0.29) is 39.1 Å². The molecule has 6 N–H and O–H groups in total. The van der Waals surface area contributed by atoms with E-state index in [4.69, 9.17) is 15.2 Å². The van der Waals surface area contributed by atoms with Crippen molar-refractivity contribution in [2.75, 3.05) is 6.61 Å². The zero-order valence-corrected chi connectivity index (χ0v) is 27.9. The van der Waals surface area contributed by atoms with Crippen LogP contribution in [0.25, 0.3) is 0 Å². The Morgan fingerprint density at radius 2 is 1.57 bits per heavy atom. The van der Waals surface area contributed by atoms with Crippen LogP contribution >= 0.6 is 0 Å². The van der Waals surface area contributed by atoms with Crippen LogP contribution in [-0.2, 0) is 14.3 Å². The van der Waals surface area contributed by atoms with Gasteiger partial charge in [0.2, 0.25) is 5.91 Å². The molecule has 250 valence electrons. The first kappa shape index (κ1) is 32.9. The van der Waals surface area contributed by atoms with E-state index in [1.54, 1.807) is 0 Å². The van der Waals surface area contributed by atoms with Crippen LogP contribution in [-0.4, -0.2) is 69.8 Å². The van der Waals surface area contributed by atoms with Crippen molar-refractivity contribution in [3.63, 3.8) is 0 Å². The quantitative estimate of drug-likeness (QED) is 0.229. The smallest absolute Gasteiger partial charge is 0.223 e. The van der Waals surface area contributed by atoms with Gasteiger partial charge in [-0.05, 0) is 122 Å². The molecule has 5 saturated carbocycles. The first-order chi connectivity index (χ1) is 20.5. The lowest BCUT2D eigenvalue weighted by Gasteiger charge is -2.73. The maximum Gasteiger partial charge on any atom is 0.223 e. The van der Waals surface area contributed by atoms with Gasteiger partial charge in [-0.15, -0.1) is 0 Å². The lowest BCUT2D eigenvalue weighted by atomic mass is 9.32. The third-order valence-electron chi connectivity index (χ3n) is 15.6. The number of amides is 1. The summed E-state index contributed by atoms with van der Waals surface area (Å²) in [5.74, 6) is 1.99. The molecule has 0 spiro atoms. The molecular weight excluding hydrogens is 558 g/mol. The van der Waals surface area contributed by atoms with Crippen LogP contribution in [0.3, 0.4) is 0 Å². The number of aliphatic hydroxyl groups is 4. The maximum atomic E-state index is 13.2. The Hall–Kier alpha value is -1.03. The van der Waals surface area contributed by atoms with Gasteiger partial charge < -0.3 is 35.6 Å². The SMILES string of the molecule is C=C(C)C1CCC2(C(N)=O)CCC3(C)C(CCC4C5(C)CCC(OC6OC(CO)C(O)C(O)C6O)C(C)(C)C5CCC43C)C12. The molecule has 0 aromatic heterocycles. The average Bonchev–Trinajstić information content (AvgIpc) is 3.36. The number of hydrogen-bond acceptors (Lipinski definition) is 7. The summed E-state index contributed by atoms with van der Waals surface area (Å²) < 4.78 is 12.3. The Morgan fingerprint density at radius 3 is 2.20 bits per heavy atom. The summed E-state index contributed by atoms with van der Waals surface area (Å²) in [5, 5.41) is 41.1. The van der Waals surface area contributed by atoms with Crippen molar-refractivity contribution in [1.82, 2.24) is 0 Å². The van der Waals surface area contributed by atoms with E-state index in [0.717, 1.165) is 64.2 Å². The van der Waals surface area contributed by atoms with Crippen molar-refractivity contribution < 1.29 is 34.7 Å². The fourth-order valence-corrected chi connectivity index (χ4v) is 13.1. The first-order valence-corrected chi connectivity index (χ1v) is 17.4. The van der Waals surface area contributed by atoms with Gasteiger partial charge in [0.1, 0.15) is 24.4 Å². The Bertz CT molecular complexity index is 1160. The molecule has 15 unspecified atom stereocenters. The minimum Gasteiger partial charge on any atom is -0.394 e. The van der Waals surface area contributed by atoms with E-state index in [1.807, 2.05) is 0 Å². The molecule has 44 heavy (non-hydrogen) atoms. The fraction of sp³-hybridized carbons (Fsp3) is 0.917. The van der Waals surface area contributed by atoms with Crippen LogP contribution in [0.5, 0.6) is 0 Å². The predicted molar refractivity (Wildman–Crippen MR) is 167 cm³/mol. The number of allylic oxidation sites excluding steroid dienone is 1. The summed E-state index contributed by atoms with van der Waals surface area (Å²) in [7, 11) is 0. The molecule has 15 atom stereocenters. The number of ether oxygens (including phenoxy) is 2. The summed E-state index contributed by atoms with van der Waals surface area (Å²) in [5.41, 5.74) is 7.24. The highest BCUT2D eigenvalue weighted by Crippen LogP contribution is 2.77. The normalized spacial score (nSPS) is 54.8. The van der Waals surface area contributed by atoms with Crippen LogP contribution in [0.15, 0.2) is 12.2 Å². The van der Waals surface area contributed by atoms with Crippen molar-refractivity contribution in [1.29, 1.82) is 0 Å². The minimum absolute atomic E-state index is 0.0873. The van der Waals surface area contributed by atoms with Gasteiger partial charge in [-0.2, -0.15) is 0 Å². The summed E-state index contributed by atoms with van der Waals surface area (Å²) in [6.45, 7) is 18.3. The number of carbonyl (C=O) groups is 1. The molecule has 0 aromatic rings. The number of aliphatic hydroxyl groups excluding tert-OH is 4. The van der Waals surface area contributed by atoms with E-state index in [0.29, 0.717) is 29.6 Å². The summed E-state index contributed by atoms with van der Waals surface area (Å²) in [4.78, 5) is 13.2. The highest BCUT2D eigenvalue weighted by atomic mass is 16.7. The molecule has 6 rings (SSSR count). The molecule has 5 aliphatic carbocycles. The molecule has 1 amide bonds. The van der Waals surface area contributed by atoms with Gasteiger partial charge in [0, 0.05) is 0 Å². The molecule has 6 aliphatic rings. The molecular formula is C36H59NO7. The van der Waals surface area contributed by atoms with E-state index in [2.05, 4.69) is 48.1 Å². The maximum absolute atomic E-state index is 13.2. The van der Waals surface area contributed by atoms with Crippen molar-refractivity contribution in [3.8, 4) is 0 Å². The zero-order chi connectivity index (χ0) is 32.2. The van der Waals surface area contributed by atoms with Gasteiger partial charge in [0.05, 0.1) is 18.1 Å². The van der Waals surface area contributed by atoms with Gasteiger partial charge in [-0.25, -0.2) is 0 Å². The standard InChI is InChI=1S/C36H59NO7/c1-19(2)20-10-15-36(31(37)42)17-16-34(6)21(26(20)36)8-9-24-33(5)13-12-25(32(3,4)23(33)11-14-35(24,34)7)44-30-29(41)28(40)27(39)22(18-38)43-30/h20-30,38-41H,1,8-18H2,2-7H3,(H2,37,42). The Labute approximate surface area is 264 Å².